The van der Waals surface area contributed by atoms with E-state index in [1.165, 1.54) is 19.4 Å². The maximum atomic E-state index is 6.22. The molecule has 2 aromatic carbocycles. The maximum absolute atomic E-state index is 6.22. The smallest absolute Gasteiger partial charge is 0.127 e. The number of rotatable bonds is 4. The molecule has 0 aromatic heterocycles. The molecule has 1 heterocycles. The highest BCUT2D eigenvalue weighted by atomic mass is 35.5. The third kappa shape index (κ3) is 3.08. The molecule has 0 bridgehead atoms. The standard InChI is InChI=1S/C17H20ClNO/c18-16-7-8-17(15-6-2-1-5-14(15)16)20-11-9-13-4-3-10-19-12-13/h1-2,5-8,13,19H,3-4,9-12H2. The van der Waals surface area contributed by atoms with Crippen molar-refractivity contribution in [2.24, 2.45) is 5.92 Å². The zero-order chi connectivity index (χ0) is 13.8. The summed E-state index contributed by atoms with van der Waals surface area (Å²) in [6.07, 6.45) is 3.72. The zero-order valence-corrected chi connectivity index (χ0v) is 12.3. The fourth-order valence-corrected chi connectivity index (χ4v) is 3.09. The van der Waals surface area contributed by atoms with Gasteiger partial charge < -0.3 is 10.1 Å². The van der Waals surface area contributed by atoms with Crippen molar-refractivity contribution >= 4 is 22.4 Å². The average Bonchev–Trinajstić information content (AvgIpc) is 2.51. The molecular weight excluding hydrogens is 270 g/mol. The fraction of sp³-hybridized carbons (Fsp3) is 0.412. The van der Waals surface area contributed by atoms with Crippen molar-refractivity contribution in [2.75, 3.05) is 19.7 Å². The molecule has 3 heteroatoms. The Hall–Kier alpha value is -1.25. The Morgan fingerprint density at radius 3 is 2.80 bits per heavy atom. The van der Waals surface area contributed by atoms with Crippen molar-refractivity contribution in [1.29, 1.82) is 0 Å². The number of hydrogen-bond donors (Lipinski definition) is 1. The van der Waals surface area contributed by atoms with Gasteiger partial charge in [-0.2, -0.15) is 0 Å². The van der Waals surface area contributed by atoms with Gasteiger partial charge in [0.25, 0.3) is 0 Å². The van der Waals surface area contributed by atoms with E-state index < -0.39 is 0 Å². The number of piperidine rings is 1. The Morgan fingerprint density at radius 1 is 1.15 bits per heavy atom. The highest BCUT2D eigenvalue weighted by molar-refractivity contribution is 6.35. The molecule has 20 heavy (non-hydrogen) atoms. The number of fused-ring (bicyclic) bond motifs is 1. The molecule has 106 valence electrons. The van der Waals surface area contributed by atoms with E-state index >= 15 is 0 Å². The first kappa shape index (κ1) is 13.7. The van der Waals surface area contributed by atoms with Crippen LogP contribution in [0.4, 0.5) is 0 Å². The van der Waals surface area contributed by atoms with E-state index in [9.17, 15) is 0 Å². The van der Waals surface area contributed by atoms with Gasteiger partial charge in [0, 0.05) is 15.8 Å². The molecule has 0 aliphatic carbocycles. The van der Waals surface area contributed by atoms with Crippen LogP contribution in [0.3, 0.4) is 0 Å². The molecule has 0 radical (unpaired) electrons. The van der Waals surface area contributed by atoms with Gasteiger partial charge in [0.2, 0.25) is 0 Å². The van der Waals surface area contributed by atoms with Crippen molar-refractivity contribution in [3.63, 3.8) is 0 Å². The molecule has 0 saturated carbocycles. The third-order valence-corrected chi connectivity index (χ3v) is 4.34. The largest absolute Gasteiger partial charge is 0.493 e. The number of ether oxygens (including phenoxy) is 1. The molecule has 1 atom stereocenters. The van der Waals surface area contributed by atoms with Gasteiger partial charge in [-0.1, -0.05) is 35.9 Å². The lowest BCUT2D eigenvalue weighted by molar-refractivity contribution is 0.256. The summed E-state index contributed by atoms with van der Waals surface area (Å²) in [5, 5.41) is 6.39. The topological polar surface area (TPSA) is 21.3 Å². The van der Waals surface area contributed by atoms with Gasteiger partial charge in [-0.15, -0.1) is 0 Å². The summed E-state index contributed by atoms with van der Waals surface area (Å²) in [4.78, 5) is 0. The first-order valence-corrected chi connectivity index (χ1v) is 7.73. The molecule has 2 aromatic rings. The van der Waals surface area contributed by atoms with Crippen molar-refractivity contribution < 1.29 is 4.74 Å². The quantitative estimate of drug-likeness (QED) is 0.908. The minimum Gasteiger partial charge on any atom is -0.493 e. The van der Waals surface area contributed by atoms with E-state index in [0.717, 1.165) is 47.0 Å². The van der Waals surface area contributed by atoms with Crippen LogP contribution in [0.1, 0.15) is 19.3 Å². The van der Waals surface area contributed by atoms with E-state index in [1.54, 1.807) is 0 Å². The summed E-state index contributed by atoms with van der Waals surface area (Å²) in [7, 11) is 0. The second-order valence-electron chi connectivity index (χ2n) is 5.44. The van der Waals surface area contributed by atoms with Gasteiger partial charge in [-0.25, -0.2) is 0 Å². The SMILES string of the molecule is Clc1ccc(OCCC2CCCNC2)c2ccccc12. The van der Waals surface area contributed by atoms with Crippen LogP contribution in [-0.4, -0.2) is 19.7 Å². The summed E-state index contributed by atoms with van der Waals surface area (Å²) in [5.74, 6) is 1.69. The maximum Gasteiger partial charge on any atom is 0.127 e. The van der Waals surface area contributed by atoms with Crippen molar-refractivity contribution in [1.82, 2.24) is 5.32 Å². The second kappa shape index (κ2) is 6.47. The first-order chi connectivity index (χ1) is 9.84. The summed E-state index contributed by atoms with van der Waals surface area (Å²) in [5.41, 5.74) is 0. The molecule has 0 amide bonds. The molecule has 1 N–H and O–H groups in total. The third-order valence-electron chi connectivity index (χ3n) is 4.01. The average molecular weight is 290 g/mol. The second-order valence-corrected chi connectivity index (χ2v) is 5.85. The number of hydrogen-bond acceptors (Lipinski definition) is 2. The molecule has 0 spiro atoms. The number of benzene rings is 2. The van der Waals surface area contributed by atoms with Gasteiger partial charge in [-0.05, 0) is 50.4 Å². The predicted molar refractivity (Wildman–Crippen MR) is 84.7 cm³/mol. The molecule has 2 nitrogen and oxygen atoms in total. The van der Waals surface area contributed by atoms with Crippen LogP contribution in [-0.2, 0) is 0 Å². The van der Waals surface area contributed by atoms with Gasteiger partial charge in [-0.3, -0.25) is 0 Å². The molecule has 1 unspecified atom stereocenters. The summed E-state index contributed by atoms with van der Waals surface area (Å²) in [6.45, 7) is 3.07. The zero-order valence-electron chi connectivity index (χ0n) is 11.6. The molecule has 1 fully saturated rings. The van der Waals surface area contributed by atoms with Crippen LogP contribution in [0.25, 0.3) is 10.8 Å². The van der Waals surface area contributed by atoms with Gasteiger partial charge in [0.15, 0.2) is 0 Å². The van der Waals surface area contributed by atoms with E-state index in [4.69, 9.17) is 16.3 Å². The van der Waals surface area contributed by atoms with Crippen LogP contribution in [0.2, 0.25) is 5.02 Å². The van der Waals surface area contributed by atoms with Crippen molar-refractivity contribution in [3.8, 4) is 5.75 Å². The number of halogens is 1. The van der Waals surface area contributed by atoms with Crippen LogP contribution in [0.15, 0.2) is 36.4 Å². The van der Waals surface area contributed by atoms with Gasteiger partial charge >= 0.3 is 0 Å². The molecular formula is C17H20ClNO. The van der Waals surface area contributed by atoms with Crippen molar-refractivity contribution in [2.45, 2.75) is 19.3 Å². The normalized spacial score (nSPS) is 19.1. The van der Waals surface area contributed by atoms with Gasteiger partial charge in [0.1, 0.15) is 5.75 Å². The van der Waals surface area contributed by atoms with E-state index in [1.807, 2.05) is 30.3 Å². The highest BCUT2D eigenvalue weighted by Crippen LogP contribution is 2.31. The van der Waals surface area contributed by atoms with E-state index in [-0.39, 0.29) is 0 Å². The number of nitrogens with one attached hydrogen (secondary N) is 1. The van der Waals surface area contributed by atoms with Crippen LogP contribution in [0, 0.1) is 5.92 Å². The molecule has 3 rings (SSSR count). The lowest BCUT2D eigenvalue weighted by atomic mass is 9.97. The first-order valence-electron chi connectivity index (χ1n) is 7.35. The Balaban J connectivity index is 1.67. The molecule has 1 saturated heterocycles. The Morgan fingerprint density at radius 2 is 2.00 bits per heavy atom. The van der Waals surface area contributed by atoms with Crippen LogP contribution in [0.5, 0.6) is 5.75 Å². The van der Waals surface area contributed by atoms with E-state index in [2.05, 4.69) is 11.4 Å². The molecule has 1 aliphatic rings. The monoisotopic (exact) mass is 289 g/mol. The minimum absolute atomic E-state index is 0.752. The van der Waals surface area contributed by atoms with E-state index in [0.29, 0.717) is 0 Å². The van der Waals surface area contributed by atoms with Crippen LogP contribution < -0.4 is 10.1 Å². The highest BCUT2D eigenvalue weighted by Gasteiger charge is 2.13. The lowest BCUT2D eigenvalue weighted by Crippen LogP contribution is -2.30. The Bertz CT molecular complexity index is 578. The minimum atomic E-state index is 0.752. The Labute approximate surface area is 125 Å². The lowest BCUT2D eigenvalue weighted by Gasteiger charge is -2.22. The van der Waals surface area contributed by atoms with Crippen molar-refractivity contribution in [3.05, 3.63) is 41.4 Å². The van der Waals surface area contributed by atoms with Gasteiger partial charge in [0.05, 0.1) is 6.61 Å². The fourth-order valence-electron chi connectivity index (χ4n) is 2.87. The summed E-state index contributed by atoms with van der Waals surface area (Å²) >= 11 is 6.22. The predicted octanol–water partition coefficient (Wildman–Crippen LogP) is 4.26. The molecule has 1 aliphatic heterocycles. The summed E-state index contributed by atoms with van der Waals surface area (Å²) < 4.78 is 5.99. The van der Waals surface area contributed by atoms with Crippen LogP contribution >= 0.6 is 11.6 Å². The summed E-state index contributed by atoms with van der Waals surface area (Å²) in [6, 6.07) is 12.0. The Kier molecular flexibility index (Phi) is 4.44.